The van der Waals surface area contributed by atoms with Crippen molar-refractivity contribution < 1.29 is 19.7 Å². The van der Waals surface area contributed by atoms with Gasteiger partial charge >= 0.3 is 5.69 Å². The van der Waals surface area contributed by atoms with Gasteiger partial charge in [-0.1, -0.05) is 0 Å². The smallest absolute Gasteiger partial charge is 0.351 e. The number of fused-ring (bicyclic) bond motifs is 1. The molecule has 0 bridgehead atoms. The highest BCUT2D eigenvalue weighted by Gasteiger charge is 2.43. The number of ether oxygens (including phenoxy) is 2. The number of aliphatic hydroxyl groups excluding tert-OH is 2. The molecule has 32 heavy (non-hydrogen) atoms. The van der Waals surface area contributed by atoms with Crippen molar-refractivity contribution in [3.05, 3.63) is 34.9 Å². The molecule has 0 aliphatic carbocycles. The predicted molar refractivity (Wildman–Crippen MR) is 112 cm³/mol. The van der Waals surface area contributed by atoms with Gasteiger partial charge in [-0.2, -0.15) is 4.98 Å². The molecule has 172 valence electrons. The third-order valence-electron chi connectivity index (χ3n) is 5.29. The molecule has 14 nitrogen and oxygen atoms in total. The van der Waals surface area contributed by atoms with Crippen LogP contribution in [-0.4, -0.2) is 71.2 Å². The fraction of sp³-hybridized carbons (Fsp3) is 0.500. The first-order valence-electron chi connectivity index (χ1n) is 9.90. The summed E-state index contributed by atoms with van der Waals surface area (Å²) in [6, 6.07) is 0. The van der Waals surface area contributed by atoms with Crippen LogP contribution in [0.3, 0.4) is 0 Å². The van der Waals surface area contributed by atoms with Crippen molar-refractivity contribution in [3.8, 4) is 0 Å². The van der Waals surface area contributed by atoms with Gasteiger partial charge in [-0.05, 0) is 13.0 Å². The highest BCUT2D eigenvalue weighted by Crippen LogP contribution is 2.33. The maximum Gasteiger partial charge on any atom is 0.351 e. The van der Waals surface area contributed by atoms with Gasteiger partial charge in [0.1, 0.15) is 36.6 Å². The van der Waals surface area contributed by atoms with Crippen LogP contribution in [0.5, 0.6) is 0 Å². The SMILES string of the molecule is COCn1cc(CNCCC2OC(n3cnc4c(N)ncnc43)C(O)C2O)c(N)nc1=O. The zero-order valence-electron chi connectivity index (χ0n) is 17.3. The molecule has 3 aromatic heterocycles. The van der Waals surface area contributed by atoms with Gasteiger partial charge in [0, 0.05) is 25.4 Å². The lowest BCUT2D eigenvalue weighted by Crippen LogP contribution is -2.33. The number of hydrogen-bond donors (Lipinski definition) is 5. The van der Waals surface area contributed by atoms with Gasteiger partial charge in [0.25, 0.3) is 0 Å². The van der Waals surface area contributed by atoms with Gasteiger partial charge in [-0.3, -0.25) is 9.13 Å². The number of anilines is 2. The summed E-state index contributed by atoms with van der Waals surface area (Å²) >= 11 is 0. The highest BCUT2D eigenvalue weighted by atomic mass is 16.6. The molecule has 0 saturated carbocycles. The molecule has 0 amide bonds. The molecule has 4 rings (SSSR count). The van der Waals surface area contributed by atoms with E-state index in [1.807, 2.05) is 0 Å². The number of aliphatic hydroxyl groups is 2. The van der Waals surface area contributed by atoms with Crippen LogP contribution < -0.4 is 22.5 Å². The quantitative estimate of drug-likeness (QED) is 0.237. The summed E-state index contributed by atoms with van der Waals surface area (Å²) < 4.78 is 13.7. The van der Waals surface area contributed by atoms with E-state index in [0.29, 0.717) is 36.2 Å². The van der Waals surface area contributed by atoms with Crippen LogP contribution in [0.4, 0.5) is 11.6 Å². The Bertz CT molecular complexity index is 1150. The first-order valence-corrected chi connectivity index (χ1v) is 9.90. The zero-order chi connectivity index (χ0) is 22.8. The number of nitrogens with zero attached hydrogens (tertiary/aromatic N) is 6. The molecular formula is C18H25N9O5. The second-order valence-corrected chi connectivity index (χ2v) is 7.42. The monoisotopic (exact) mass is 447 g/mol. The van der Waals surface area contributed by atoms with Crippen molar-refractivity contribution in [1.29, 1.82) is 0 Å². The molecule has 3 aromatic rings. The van der Waals surface area contributed by atoms with E-state index in [-0.39, 0.29) is 18.4 Å². The fourth-order valence-corrected chi connectivity index (χ4v) is 3.64. The minimum Gasteiger partial charge on any atom is -0.388 e. The van der Waals surface area contributed by atoms with Crippen LogP contribution in [0, 0.1) is 0 Å². The van der Waals surface area contributed by atoms with Crippen molar-refractivity contribution in [2.24, 2.45) is 0 Å². The van der Waals surface area contributed by atoms with Gasteiger partial charge in [0.05, 0.1) is 12.4 Å². The topological polar surface area (TPSA) is 201 Å². The molecule has 1 saturated heterocycles. The van der Waals surface area contributed by atoms with Gasteiger partial charge in [0.15, 0.2) is 17.7 Å². The van der Waals surface area contributed by atoms with Crippen molar-refractivity contribution in [3.63, 3.8) is 0 Å². The summed E-state index contributed by atoms with van der Waals surface area (Å²) in [6.45, 7) is 0.865. The molecular weight excluding hydrogens is 422 g/mol. The molecule has 4 heterocycles. The minimum atomic E-state index is -1.17. The van der Waals surface area contributed by atoms with Gasteiger partial charge in [0.2, 0.25) is 0 Å². The average molecular weight is 447 g/mol. The zero-order valence-corrected chi connectivity index (χ0v) is 17.3. The van der Waals surface area contributed by atoms with E-state index in [0.717, 1.165) is 0 Å². The molecule has 1 fully saturated rings. The summed E-state index contributed by atoms with van der Waals surface area (Å²) in [5.74, 6) is 0.351. The summed E-state index contributed by atoms with van der Waals surface area (Å²) in [6.07, 6.45) is 0.958. The van der Waals surface area contributed by atoms with E-state index < -0.39 is 30.2 Å². The molecule has 7 N–H and O–H groups in total. The lowest BCUT2D eigenvalue weighted by atomic mass is 10.1. The first kappa shape index (κ1) is 22.0. The Kier molecular flexibility index (Phi) is 6.29. The summed E-state index contributed by atoms with van der Waals surface area (Å²) in [5, 5.41) is 24.2. The van der Waals surface area contributed by atoms with Crippen molar-refractivity contribution in [1.82, 2.24) is 34.4 Å². The Morgan fingerprint density at radius 2 is 2.03 bits per heavy atom. The number of aromatic nitrogens is 6. The molecule has 0 radical (unpaired) electrons. The van der Waals surface area contributed by atoms with Crippen molar-refractivity contribution >= 4 is 22.8 Å². The molecule has 0 spiro atoms. The predicted octanol–water partition coefficient (Wildman–Crippen LogP) is -2.05. The van der Waals surface area contributed by atoms with Gasteiger partial charge < -0.3 is 36.5 Å². The van der Waals surface area contributed by atoms with Gasteiger partial charge in [-0.25, -0.2) is 19.7 Å². The third kappa shape index (κ3) is 4.13. The van der Waals surface area contributed by atoms with Crippen LogP contribution in [0.2, 0.25) is 0 Å². The number of methoxy groups -OCH3 is 1. The second kappa shape index (κ2) is 9.13. The van der Waals surface area contributed by atoms with Crippen LogP contribution in [-0.2, 0) is 22.7 Å². The van der Waals surface area contributed by atoms with E-state index in [4.69, 9.17) is 20.9 Å². The third-order valence-corrected chi connectivity index (χ3v) is 5.29. The van der Waals surface area contributed by atoms with Crippen LogP contribution in [0.1, 0.15) is 18.2 Å². The maximum atomic E-state index is 11.8. The minimum absolute atomic E-state index is 0.0694. The average Bonchev–Trinajstić information content (AvgIpc) is 3.31. The lowest BCUT2D eigenvalue weighted by Gasteiger charge is -2.16. The molecule has 4 unspecified atom stereocenters. The number of rotatable bonds is 8. The summed E-state index contributed by atoms with van der Waals surface area (Å²) in [5.41, 5.74) is 12.6. The Hall–Kier alpha value is -3.17. The van der Waals surface area contributed by atoms with E-state index >= 15 is 0 Å². The number of hydrogen-bond acceptors (Lipinski definition) is 12. The first-order chi connectivity index (χ1) is 15.4. The number of imidazole rings is 1. The number of nitrogens with one attached hydrogen (secondary N) is 1. The number of nitrogen functional groups attached to an aromatic ring is 2. The largest absolute Gasteiger partial charge is 0.388 e. The van der Waals surface area contributed by atoms with Crippen LogP contribution in [0.25, 0.3) is 11.2 Å². The van der Waals surface area contributed by atoms with Crippen molar-refractivity contribution in [2.45, 2.75) is 44.2 Å². The molecule has 1 aliphatic heterocycles. The maximum absolute atomic E-state index is 11.8. The Morgan fingerprint density at radius 3 is 2.81 bits per heavy atom. The summed E-state index contributed by atoms with van der Waals surface area (Å²) in [4.78, 5) is 27.7. The van der Waals surface area contributed by atoms with E-state index in [9.17, 15) is 15.0 Å². The molecule has 4 atom stereocenters. The van der Waals surface area contributed by atoms with E-state index in [2.05, 4.69) is 25.3 Å². The van der Waals surface area contributed by atoms with Crippen LogP contribution >= 0.6 is 0 Å². The molecule has 14 heteroatoms. The van der Waals surface area contributed by atoms with Gasteiger partial charge in [-0.15, -0.1) is 0 Å². The highest BCUT2D eigenvalue weighted by molar-refractivity contribution is 5.81. The van der Waals surface area contributed by atoms with Crippen molar-refractivity contribution in [2.75, 3.05) is 25.1 Å². The standard InChI is InChI=1S/C18H25N9O5/c1-31-8-26-5-9(14(19)25-18(26)30)4-21-3-2-10-12(28)13(29)17(32-10)27-7-24-11-15(20)22-6-23-16(11)27/h5-7,10,12-13,17,21,28-29H,2-4,8H2,1H3,(H2,19,25,30)(H2,20,22,23). The Morgan fingerprint density at radius 1 is 1.22 bits per heavy atom. The molecule has 1 aliphatic rings. The summed E-state index contributed by atoms with van der Waals surface area (Å²) in [7, 11) is 1.48. The molecule has 0 aromatic carbocycles. The second-order valence-electron chi connectivity index (χ2n) is 7.42. The van der Waals surface area contributed by atoms with Crippen LogP contribution in [0.15, 0.2) is 23.6 Å². The Balaban J connectivity index is 1.37. The number of nitrogens with two attached hydrogens (primary N) is 2. The Labute approximate surface area is 181 Å². The normalized spacial score (nSPS) is 23.2. The van der Waals surface area contributed by atoms with E-state index in [1.54, 1.807) is 6.20 Å². The lowest BCUT2D eigenvalue weighted by molar-refractivity contribution is -0.0367. The van der Waals surface area contributed by atoms with E-state index in [1.165, 1.54) is 28.9 Å². The fourth-order valence-electron chi connectivity index (χ4n) is 3.64.